The number of nitrogens with one attached hydrogen (secondary N) is 1. The van der Waals surface area contributed by atoms with Gasteiger partial charge in [0, 0.05) is 13.0 Å². The van der Waals surface area contributed by atoms with Crippen LogP contribution >= 0.6 is 35.6 Å². The zero-order valence-electron chi connectivity index (χ0n) is 16.7. The highest BCUT2D eigenvalue weighted by Gasteiger charge is 2.31. The van der Waals surface area contributed by atoms with Crippen molar-refractivity contribution in [2.24, 2.45) is 0 Å². The molecule has 2 aromatic rings. The van der Waals surface area contributed by atoms with E-state index in [1.165, 1.54) is 17.3 Å². The summed E-state index contributed by atoms with van der Waals surface area (Å²) in [7, 11) is 0. The lowest BCUT2D eigenvalue weighted by Crippen LogP contribution is -2.29. The summed E-state index contributed by atoms with van der Waals surface area (Å²) >= 11 is 12.8. The van der Waals surface area contributed by atoms with Crippen molar-refractivity contribution in [2.75, 3.05) is 11.9 Å². The first kappa shape index (κ1) is 22.5. The highest BCUT2D eigenvalue weighted by Crippen LogP contribution is 2.32. The van der Waals surface area contributed by atoms with Crippen molar-refractivity contribution < 1.29 is 9.59 Å². The van der Waals surface area contributed by atoms with Crippen LogP contribution in [-0.2, 0) is 9.59 Å². The third-order valence-electron chi connectivity index (χ3n) is 4.68. The molecule has 2 amide bonds. The molecule has 0 saturated carbocycles. The van der Waals surface area contributed by atoms with Gasteiger partial charge in [-0.2, -0.15) is 0 Å². The van der Waals surface area contributed by atoms with Crippen LogP contribution in [0.3, 0.4) is 0 Å². The van der Waals surface area contributed by atoms with Gasteiger partial charge in [0.05, 0.1) is 15.6 Å². The number of thioether (sulfide) groups is 1. The van der Waals surface area contributed by atoms with E-state index in [2.05, 4.69) is 5.32 Å². The number of nitrogens with zero attached hydrogens (tertiary/aromatic N) is 1. The van der Waals surface area contributed by atoms with Crippen LogP contribution in [0.15, 0.2) is 53.4 Å². The fraction of sp³-hybridized carbons (Fsp3) is 0.261. The van der Waals surface area contributed by atoms with E-state index in [4.69, 9.17) is 23.8 Å². The fourth-order valence-corrected chi connectivity index (χ4v) is 4.51. The Hall–Kier alpha value is -2.15. The molecule has 1 aliphatic rings. The number of hydrogen-bond donors (Lipinski definition) is 1. The lowest BCUT2D eigenvalue weighted by Gasteiger charge is -2.14. The Kier molecular flexibility index (Phi) is 8.08. The summed E-state index contributed by atoms with van der Waals surface area (Å²) in [5.41, 5.74) is 2.80. The predicted octanol–water partition coefficient (Wildman–Crippen LogP) is 6.05. The standard InChI is InChI=1S/C23H23ClN2O2S2/c1-16-10-12-17(13-11-16)15-20-22(28)26(23(29)30-20)14-6-2-3-9-21(27)25-19-8-5-4-7-18(19)24/h4-5,7-8,10-13,15H,2-3,6,9,14H2,1H3,(H,25,27)/b20-15-. The monoisotopic (exact) mass is 458 g/mol. The summed E-state index contributed by atoms with van der Waals surface area (Å²) < 4.78 is 0.592. The van der Waals surface area contributed by atoms with E-state index in [1.54, 1.807) is 17.0 Å². The van der Waals surface area contributed by atoms with E-state index < -0.39 is 0 Å². The van der Waals surface area contributed by atoms with E-state index in [-0.39, 0.29) is 11.8 Å². The zero-order chi connectivity index (χ0) is 21.5. The summed E-state index contributed by atoms with van der Waals surface area (Å²) in [6.07, 6.45) is 4.67. The number of carbonyl (C=O) groups is 2. The molecule has 0 bridgehead atoms. The first-order chi connectivity index (χ1) is 14.4. The Morgan fingerprint density at radius 2 is 1.87 bits per heavy atom. The SMILES string of the molecule is Cc1ccc(/C=C2\SC(=S)N(CCCCCC(=O)Nc3ccccc3Cl)C2=O)cc1. The Morgan fingerprint density at radius 1 is 1.13 bits per heavy atom. The second-order valence-electron chi connectivity index (χ2n) is 7.08. The number of hydrogen-bond acceptors (Lipinski definition) is 4. The number of para-hydroxylation sites is 1. The van der Waals surface area contributed by atoms with Crippen LogP contribution in [0.2, 0.25) is 5.02 Å². The minimum absolute atomic E-state index is 0.0398. The lowest BCUT2D eigenvalue weighted by molar-refractivity contribution is -0.122. The highest BCUT2D eigenvalue weighted by molar-refractivity contribution is 8.26. The van der Waals surface area contributed by atoms with E-state index in [0.717, 1.165) is 24.8 Å². The van der Waals surface area contributed by atoms with Crippen molar-refractivity contribution in [3.63, 3.8) is 0 Å². The molecule has 2 aromatic carbocycles. The van der Waals surface area contributed by atoms with Crippen LogP contribution in [0.25, 0.3) is 6.08 Å². The first-order valence-electron chi connectivity index (χ1n) is 9.80. The molecule has 156 valence electrons. The van der Waals surface area contributed by atoms with Gasteiger partial charge in [-0.3, -0.25) is 14.5 Å². The van der Waals surface area contributed by atoms with Crippen molar-refractivity contribution in [3.8, 4) is 0 Å². The molecule has 0 atom stereocenters. The van der Waals surface area contributed by atoms with E-state index in [9.17, 15) is 9.59 Å². The summed E-state index contributed by atoms with van der Waals surface area (Å²) in [6.45, 7) is 2.60. The number of carbonyl (C=O) groups excluding carboxylic acids is 2. The molecule has 0 radical (unpaired) electrons. The molecule has 1 saturated heterocycles. The smallest absolute Gasteiger partial charge is 0.266 e. The van der Waals surface area contributed by atoms with Crippen molar-refractivity contribution in [2.45, 2.75) is 32.6 Å². The number of benzene rings is 2. The van der Waals surface area contributed by atoms with Crippen molar-refractivity contribution in [1.82, 2.24) is 4.90 Å². The largest absolute Gasteiger partial charge is 0.325 e. The molecule has 3 rings (SSSR count). The van der Waals surface area contributed by atoms with Gasteiger partial charge in [-0.1, -0.05) is 84.0 Å². The maximum Gasteiger partial charge on any atom is 0.266 e. The minimum atomic E-state index is -0.0604. The second-order valence-corrected chi connectivity index (χ2v) is 9.17. The highest BCUT2D eigenvalue weighted by atomic mass is 35.5. The van der Waals surface area contributed by atoms with Crippen LogP contribution in [0.4, 0.5) is 5.69 Å². The molecule has 0 aliphatic carbocycles. The van der Waals surface area contributed by atoms with Crippen LogP contribution < -0.4 is 5.32 Å². The zero-order valence-corrected chi connectivity index (χ0v) is 19.1. The van der Waals surface area contributed by atoms with Gasteiger partial charge in [0.15, 0.2) is 0 Å². The molecule has 7 heteroatoms. The molecule has 0 unspecified atom stereocenters. The second kappa shape index (κ2) is 10.8. The minimum Gasteiger partial charge on any atom is -0.325 e. The van der Waals surface area contributed by atoms with Crippen LogP contribution in [0, 0.1) is 6.92 Å². The molecular formula is C23H23ClN2O2S2. The fourth-order valence-electron chi connectivity index (χ4n) is 3.01. The number of unbranched alkanes of at least 4 members (excludes halogenated alkanes) is 2. The number of amides is 2. The molecule has 1 fully saturated rings. The first-order valence-corrected chi connectivity index (χ1v) is 11.4. The van der Waals surface area contributed by atoms with E-state index in [0.29, 0.717) is 32.9 Å². The van der Waals surface area contributed by atoms with Crippen LogP contribution in [0.5, 0.6) is 0 Å². The molecule has 4 nitrogen and oxygen atoms in total. The average Bonchev–Trinajstić information content (AvgIpc) is 2.98. The Balaban J connectivity index is 1.42. The number of aryl methyl sites for hydroxylation is 1. The molecular weight excluding hydrogens is 436 g/mol. The van der Waals surface area contributed by atoms with Gasteiger partial charge in [-0.15, -0.1) is 0 Å². The van der Waals surface area contributed by atoms with Gasteiger partial charge in [-0.05, 0) is 43.5 Å². The molecule has 1 N–H and O–H groups in total. The van der Waals surface area contributed by atoms with E-state index in [1.807, 2.05) is 49.4 Å². The van der Waals surface area contributed by atoms with Gasteiger partial charge in [0.25, 0.3) is 5.91 Å². The van der Waals surface area contributed by atoms with E-state index >= 15 is 0 Å². The Bertz CT molecular complexity index is 973. The maximum atomic E-state index is 12.7. The maximum absolute atomic E-state index is 12.7. The van der Waals surface area contributed by atoms with Crippen molar-refractivity contribution in [3.05, 3.63) is 69.6 Å². The normalized spacial score (nSPS) is 15.1. The van der Waals surface area contributed by atoms with Crippen LogP contribution in [0.1, 0.15) is 36.8 Å². The van der Waals surface area contributed by atoms with Crippen molar-refractivity contribution in [1.29, 1.82) is 0 Å². The average molecular weight is 459 g/mol. The molecule has 1 aliphatic heterocycles. The third kappa shape index (κ3) is 6.17. The van der Waals surface area contributed by atoms with Gasteiger partial charge < -0.3 is 5.32 Å². The molecule has 0 aromatic heterocycles. The van der Waals surface area contributed by atoms with Gasteiger partial charge in [0.2, 0.25) is 5.91 Å². The van der Waals surface area contributed by atoms with Crippen LogP contribution in [-0.4, -0.2) is 27.6 Å². The molecule has 30 heavy (non-hydrogen) atoms. The number of anilines is 1. The quantitative estimate of drug-likeness (QED) is 0.297. The van der Waals surface area contributed by atoms with Gasteiger partial charge in [-0.25, -0.2) is 0 Å². The summed E-state index contributed by atoms with van der Waals surface area (Å²) in [5.74, 6) is -0.100. The number of halogens is 1. The van der Waals surface area contributed by atoms with Gasteiger partial charge >= 0.3 is 0 Å². The Morgan fingerprint density at radius 3 is 2.60 bits per heavy atom. The number of thiocarbonyl (C=S) groups is 1. The lowest BCUT2D eigenvalue weighted by atomic mass is 10.1. The topological polar surface area (TPSA) is 49.4 Å². The number of rotatable bonds is 8. The summed E-state index contributed by atoms with van der Waals surface area (Å²) in [6, 6.07) is 15.2. The molecule has 1 heterocycles. The molecule has 0 spiro atoms. The summed E-state index contributed by atoms with van der Waals surface area (Å²) in [4.78, 5) is 27.0. The Labute approximate surface area is 191 Å². The van der Waals surface area contributed by atoms with Crippen molar-refractivity contribution >= 4 is 63.5 Å². The third-order valence-corrected chi connectivity index (χ3v) is 6.39. The van der Waals surface area contributed by atoms with Gasteiger partial charge in [0.1, 0.15) is 4.32 Å². The predicted molar refractivity (Wildman–Crippen MR) is 130 cm³/mol. The summed E-state index contributed by atoms with van der Waals surface area (Å²) in [5, 5.41) is 3.35.